The first-order valence-electron chi connectivity index (χ1n) is 8.25. The summed E-state index contributed by atoms with van der Waals surface area (Å²) in [6.45, 7) is 4.63. The first kappa shape index (κ1) is 17.4. The van der Waals surface area contributed by atoms with Crippen molar-refractivity contribution in [2.24, 2.45) is 0 Å². The summed E-state index contributed by atoms with van der Waals surface area (Å²) >= 11 is 0. The molecule has 2 aromatic rings. The molecular weight excluding hydrogens is 323 g/mol. The molecule has 7 heteroatoms. The van der Waals surface area contributed by atoms with E-state index in [1.807, 2.05) is 0 Å². The Hall–Kier alpha value is -2.38. The first-order valence-corrected chi connectivity index (χ1v) is 8.25. The highest BCUT2D eigenvalue weighted by Gasteiger charge is 2.24. The standard InChI is InChI=1S/C18H21FN4O2/c1-13(24)21-10-16-6-7-20-18(22-16)17-12-23(8-9-25-17)11-14-2-4-15(19)5-3-14/h2-7,17H,8-12H2,1H3,(H,21,24). The summed E-state index contributed by atoms with van der Waals surface area (Å²) in [6.07, 6.45) is 1.47. The van der Waals surface area contributed by atoms with Crippen molar-refractivity contribution in [3.8, 4) is 0 Å². The topological polar surface area (TPSA) is 67.4 Å². The maximum Gasteiger partial charge on any atom is 0.217 e. The van der Waals surface area contributed by atoms with Gasteiger partial charge >= 0.3 is 0 Å². The Labute approximate surface area is 146 Å². The van der Waals surface area contributed by atoms with E-state index in [-0.39, 0.29) is 17.8 Å². The summed E-state index contributed by atoms with van der Waals surface area (Å²) in [4.78, 5) is 22.1. The van der Waals surface area contributed by atoms with Crippen molar-refractivity contribution in [1.29, 1.82) is 0 Å². The zero-order valence-corrected chi connectivity index (χ0v) is 14.1. The number of nitrogens with one attached hydrogen (secondary N) is 1. The van der Waals surface area contributed by atoms with E-state index >= 15 is 0 Å². The van der Waals surface area contributed by atoms with Gasteiger partial charge in [0.1, 0.15) is 11.9 Å². The summed E-state index contributed by atoms with van der Waals surface area (Å²) < 4.78 is 18.8. The molecule has 0 aliphatic carbocycles. The van der Waals surface area contributed by atoms with Crippen LogP contribution >= 0.6 is 0 Å². The van der Waals surface area contributed by atoms with Gasteiger partial charge in [0, 0.05) is 32.8 Å². The van der Waals surface area contributed by atoms with Gasteiger partial charge in [-0.3, -0.25) is 9.69 Å². The molecule has 132 valence electrons. The molecule has 1 aromatic heterocycles. The minimum Gasteiger partial charge on any atom is -0.368 e. The first-order chi connectivity index (χ1) is 12.1. The van der Waals surface area contributed by atoms with Crippen LogP contribution in [0.15, 0.2) is 36.5 Å². The van der Waals surface area contributed by atoms with Gasteiger partial charge in [0.05, 0.1) is 18.8 Å². The Balaban J connectivity index is 1.63. The average Bonchev–Trinajstić information content (AvgIpc) is 2.62. The number of ether oxygens (including phenoxy) is 1. The Morgan fingerprint density at radius 2 is 2.16 bits per heavy atom. The number of rotatable bonds is 5. The second-order valence-electron chi connectivity index (χ2n) is 6.04. The zero-order chi connectivity index (χ0) is 17.6. The maximum absolute atomic E-state index is 13.0. The second-order valence-corrected chi connectivity index (χ2v) is 6.04. The van der Waals surface area contributed by atoms with Gasteiger partial charge in [-0.25, -0.2) is 14.4 Å². The van der Waals surface area contributed by atoms with Crippen LogP contribution in [-0.2, 0) is 22.6 Å². The van der Waals surface area contributed by atoms with Crippen molar-refractivity contribution in [2.75, 3.05) is 19.7 Å². The number of nitrogens with zero attached hydrogens (tertiary/aromatic N) is 3. The highest BCUT2D eigenvalue weighted by Crippen LogP contribution is 2.20. The summed E-state index contributed by atoms with van der Waals surface area (Å²) in [6, 6.07) is 8.32. The maximum atomic E-state index is 13.0. The number of halogens is 1. The molecule has 1 unspecified atom stereocenters. The summed E-state index contributed by atoms with van der Waals surface area (Å²) in [5.41, 5.74) is 1.81. The molecule has 1 atom stereocenters. The lowest BCUT2D eigenvalue weighted by atomic mass is 10.2. The summed E-state index contributed by atoms with van der Waals surface area (Å²) in [7, 11) is 0. The third kappa shape index (κ3) is 5.04. The third-order valence-electron chi connectivity index (χ3n) is 4.01. The predicted molar refractivity (Wildman–Crippen MR) is 89.9 cm³/mol. The molecule has 0 saturated carbocycles. The molecule has 1 amide bonds. The SMILES string of the molecule is CC(=O)NCc1ccnc(C2CN(Cc3ccc(F)cc3)CCO2)n1. The fourth-order valence-corrected chi connectivity index (χ4v) is 2.73. The molecule has 25 heavy (non-hydrogen) atoms. The molecule has 0 spiro atoms. The number of amides is 1. The van der Waals surface area contributed by atoms with E-state index in [9.17, 15) is 9.18 Å². The molecule has 6 nitrogen and oxygen atoms in total. The molecule has 2 heterocycles. The highest BCUT2D eigenvalue weighted by molar-refractivity contribution is 5.72. The van der Waals surface area contributed by atoms with E-state index in [1.165, 1.54) is 19.1 Å². The van der Waals surface area contributed by atoms with Crippen molar-refractivity contribution in [1.82, 2.24) is 20.2 Å². The number of carbonyl (C=O) groups excluding carboxylic acids is 1. The number of aromatic nitrogens is 2. The Morgan fingerprint density at radius 3 is 2.92 bits per heavy atom. The third-order valence-corrected chi connectivity index (χ3v) is 4.01. The normalized spacial score (nSPS) is 18.1. The minimum atomic E-state index is -0.229. The predicted octanol–water partition coefficient (Wildman–Crippen LogP) is 1.83. The molecule has 3 rings (SSSR count). The van der Waals surface area contributed by atoms with Crippen LogP contribution in [0.4, 0.5) is 4.39 Å². The highest BCUT2D eigenvalue weighted by atomic mass is 19.1. The number of morpholine rings is 1. The van der Waals surface area contributed by atoms with E-state index in [0.29, 0.717) is 25.5 Å². The van der Waals surface area contributed by atoms with Gasteiger partial charge in [-0.05, 0) is 23.8 Å². The molecule has 1 aliphatic heterocycles. The molecule has 1 aromatic carbocycles. The van der Waals surface area contributed by atoms with Crippen LogP contribution in [-0.4, -0.2) is 40.5 Å². The lowest BCUT2D eigenvalue weighted by Gasteiger charge is -2.32. The summed E-state index contributed by atoms with van der Waals surface area (Å²) in [5.74, 6) is 0.291. The minimum absolute atomic E-state index is 0.0976. The van der Waals surface area contributed by atoms with Gasteiger partial charge in [-0.1, -0.05) is 12.1 Å². The van der Waals surface area contributed by atoms with Crippen LogP contribution in [0.2, 0.25) is 0 Å². The molecule has 1 N–H and O–H groups in total. The Bertz CT molecular complexity index is 723. The largest absolute Gasteiger partial charge is 0.368 e. The van der Waals surface area contributed by atoms with Crippen LogP contribution in [0.5, 0.6) is 0 Å². The van der Waals surface area contributed by atoms with Gasteiger partial charge in [0.2, 0.25) is 5.91 Å². The van der Waals surface area contributed by atoms with Crippen molar-refractivity contribution in [3.05, 3.63) is 59.4 Å². The van der Waals surface area contributed by atoms with Crippen LogP contribution < -0.4 is 5.32 Å². The number of hydrogen-bond acceptors (Lipinski definition) is 5. The van der Waals surface area contributed by atoms with E-state index in [2.05, 4.69) is 20.2 Å². The zero-order valence-electron chi connectivity index (χ0n) is 14.1. The van der Waals surface area contributed by atoms with Crippen LogP contribution in [0.3, 0.4) is 0 Å². The van der Waals surface area contributed by atoms with Crippen molar-refractivity contribution >= 4 is 5.91 Å². The quantitative estimate of drug-likeness (QED) is 0.896. The van der Waals surface area contributed by atoms with Crippen molar-refractivity contribution in [2.45, 2.75) is 26.1 Å². The molecule has 1 saturated heterocycles. The molecule has 0 bridgehead atoms. The lowest BCUT2D eigenvalue weighted by molar-refractivity contribution is -0.119. The van der Waals surface area contributed by atoms with Gasteiger partial charge in [0.25, 0.3) is 0 Å². The van der Waals surface area contributed by atoms with Gasteiger partial charge < -0.3 is 10.1 Å². The number of benzene rings is 1. The van der Waals surface area contributed by atoms with E-state index in [4.69, 9.17) is 4.74 Å². The van der Waals surface area contributed by atoms with E-state index < -0.39 is 0 Å². The van der Waals surface area contributed by atoms with E-state index in [0.717, 1.165) is 24.3 Å². The van der Waals surface area contributed by atoms with Crippen LogP contribution in [0.1, 0.15) is 30.1 Å². The van der Waals surface area contributed by atoms with Crippen molar-refractivity contribution in [3.63, 3.8) is 0 Å². The number of carbonyl (C=O) groups is 1. The summed E-state index contributed by atoms with van der Waals surface area (Å²) in [5, 5.41) is 2.73. The monoisotopic (exact) mass is 344 g/mol. The molecule has 1 aliphatic rings. The second kappa shape index (κ2) is 8.13. The van der Waals surface area contributed by atoms with Crippen LogP contribution in [0, 0.1) is 5.82 Å². The Morgan fingerprint density at radius 1 is 1.36 bits per heavy atom. The molecular formula is C18H21FN4O2. The molecule has 0 radical (unpaired) electrons. The van der Waals surface area contributed by atoms with E-state index in [1.54, 1.807) is 24.4 Å². The van der Waals surface area contributed by atoms with Gasteiger partial charge in [-0.2, -0.15) is 0 Å². The number of hydrogen-bond donors (Lipinski definition) is 1. The fourth-order valence-electron chi connectivity index (χ4n) is 2.73. The Kier molecular flexibility index (Phi) is 5.67. The van der Waals surface area contributed by atoms with Crippen molar-refractivity contribution < 1.29 is 13.9 Å². The lowest BCUT2D eigenvalue weighted by Crippen LogP contribution is -2.38. The average molecular weight is 344 g/mol. The fraction of sp³-hybridized carbons (Fsp3) is 0.389. The van der Waals surface area contributed by atoms with Gasteiger partial charge in [0.15, 0.2) is 5.82 Å². The van der Waals surface area contributed by atoms with Crippen LogP contribution in [0.25, 0.3) is 0 Å². The smallest absolute Gasteiger partial charge is 0.217 e. The molecule has 1 fully saturated rings. The van der Waals surface area contributed by atoms with Gasteiger partial charge in [-0.15, -0.1) is 0 Å².